The van der Waals surface area contributed by atoms with Crippen LogP contribution in [0, 0.1) is 11.6 Å². The van der Waals surface area contributed by atoms with Gasteiger partial charge in [0.25, 0.3) is 5.56 Å². The van der Waals surface area contributed by atoms with Crippen molar-refractivity contribution >= 4 is 23.5 Å². The quantitative estimate of drug-likeness (QED) is 0.373. The third-order valence-corrected chi connectivity index (χ3v) is 4.55. The molecule has 0 bridgehead atoms. The SMILES string of the molecule is O=C(NN(Cc1ccc(-c2cc(Cl)ccc2F)c(F)c1)C[C@@H](O)C(=O)O)c1cc(=O)[nH]o1. The predicted molar refractivity (Wildman–Crippen MR) is 108 cm³/mol. The van der Waals surface area contributed by atoms with Crippen molar-refractivity contribution in [2.45, 2.75) is 12.6 Å². The fraction of sp³-hybridized carbons (Fsp3) is 0.150. The van der Waals surface area contributed by atoms with Crippen LogP contribution in [0.15, 0.2) is 51.8 Å². The Labute approximate surface area is 183 Å². The molecule has 0 aliphatic heterocycles. The van der Waals surface area contributed by atoms with Gasteiger partial charge < -0.3 is 14.7 Å². The molecule has 3 rings (SSSR count). The molecule has 0 fully saturated rings. The van der Waals surface area contributed by atoms with E-state index in [1.165, 1.54) is 24.3 Å². The number of hydrogen-bond donors (Lipinski definition) is 4. The zero-order valence-corrected chi connectivity index (χ0v) is 16.9. The molecule has 168 valence electrons. The van der Waals surface area contributed by atoms with Crippen LogP contribution in [-0.4, -0.2) is 44.9 Å². The first kappa shape index (κ1) is 23.1. The minimum absolute atomic E-state index is 0.0458. The summed E-state index contributed by atoms with van der Waals surface area (Å²) >= 11 is 5.86. The second-order valence-corrected chi connectivity index (χ2v) is 7.13. The number of carboxylic acids is 1. The molecule has 0 saturated heterocycles. The maximum atomic E-state index is 14.7. The summed E-state index contributed by atoms with van der Waals surface area (Å²) < 4.78 is 33.5. The monoisotopic (exact) mass is 467 g/mol. The van der Waals surface area contributed by atoms with Gasteiger partial charge in [-0.1, -0.05) is 23.7 Å². The highest BCUT2D eigenvalue weighted by molar-refractivity contribution is 6.30. The summed E-state index contributed by atoms with van der Waals surface area (Å²) in [6, 6.07) is 8.38. The van der Waals surface area contributed by atoms with Gasteiger partial charge in [0.2, 0.25) is 5.76 Å². The van der Waals surface area contributed by atoms with Gasteiger partial charge in [0, 0.05) is 22.7 Å². The van der Waals surface area contributed by atoms with Gasteiger partial charge in [-0.3, -0.25) is 15.0 Å². The Morgan fingerprint density at radius 2 is 1.88 bits per heavy atom. The van der Waals surface area contributed by atoms with Crippen molar-refractivity contribution < 1.29 is 33.1 Å². The lowest BCUT2D eigenvalue weighted by molar-refractivity contribution is -0.148. The standard InChI is InChI=1S/C20H16ClF2N3O6/c21-11-2-4-14(22)13(6-11)12-3-1-10(5-15(12)23)8-26(9-16(27)20(30)31)24-19(29)17-7-18(28)25-32-17/h1-7,16,27H,8-9H2,(H,24,29)(H,25,28)(H,30,31)/t16-/m1/s1. The molecule has 4 N–H and O–H groups in total. The van der Waals surface area contributed by atoms with E-state index < -0.39 is 41.7 Å². The topological polar surface area (TPSA) is 136 Å². The van der Waals surface area contributed by atoms with Crippen LogP contribution in [0.4, 0.5) is 8.78 Å². The minimum atomic E-state index is -1.88. The van der Waals surface area contributed by atoms with E-state index in [9.17, 15) is 28.3 Å². The summed E-state index contributed by atoms with van der Waals surface area (Å²) in [7, 11) is 0. The molecule has 12 heteroatoms. The lowest BCUT2D eigenvalue weighted by Gasteiger charge is -2.24. The summed E-state index contributed by atoms with van der Waals surface area (Å²) in [6.07, 6.45) is -1.88. The van der Waals surface area contributed by atoms with Crippen LogP contribution in [0.5, 0.6) is 0 Å². The second-order valence-electron chi connectivity index (χ2n) is 6.69. The van der Waals surface area contributed by atoms with Gasteiger partial charge in [-0.15, -0.1) is 0 Å². The number of halogens is 3. The number of nitrogens with one attached hydrogen (secondary N) is 2. The molecule has 1 amide bonds. The summed E-state index contributed by atoms with van der Waals surface area (Å²) in [5.41, 5.74) is 1.78. The number of carbonyl (C=O) groups excluding carboxylic acids is 1. The van der Waals surface area contributed by atoms with E-state index in [4.69, 9.17) is 16.7 Å². The van der Waals surface area contributed by atoms with Gasteiger partial charge >= 0.3 is 11.9 Å². The average Bonchev–Trinajstić information content (AvgIpc) is 3.16. The lowest BCUT2D eigenvalue weighted by atomic mass is 10.0. The maximum absolute atomic E-state index is 14.7. The molecule has 0 aliphatic rings. The highest BCUT2D eigenvalue weighted by Crippen LogP contribution is 2.29. The Kier molecular flexibility index (Phi) is 7.03. The Morgan fingerprint density at radius 1 is 1.12 bits per heavy atom. The molecule has 0 saturated carbocycles. The van der Waals surface area contributed by atoms with Gasteiger partial charge in [-0.05, 0) is 29.8 Å². The molecule has 0 unspecified atom stereocenters. The number of carbonyl (C=O) groups is 2. The van der Waals surface area contributed by atoms with Crippen LogP contribution in [0.2, 0.25) is 5.02 Å². The van der Waals surface area contributed by atoms with Crippen molar-refractivity contribution in [3.63, 3.8) is 0 Å². The van der Waals surface area contributed by atoms with Crippen molar-refractivity contribution in [1.29, 1.82) is 0 Å². The van der Waals surface area contributed by atoms with Crippen molar-refractivity contribution in [3.05, 3.63) is 80.8 Å². The largest absolute Gasteiger partial charge is 0.479 e. The summed E-state index contributed by atoms with van der Waals surface area (Å²) in [5, 5.41) is 21.8. The van der Waals surface area contributed by atoms with E-state index >= 15 is 0 Å². The number of carboxylic acid groups (broad SMARTS) is 1. The summed E-state index contributed by atoms with van der Waals surface area (Å²) in [6.45, 7) is -0.804. The molecule has 0 aliphatic carbocycles. The zero-order chi connectivity index (χ0) is 23.4. The number of benzene rings is 2. The molecule has 2 aromatic carbocycles. The Bertz CT molecular complexity index is 1210. The molecular formula is C20H16ClF2N3O6. The summed E-state index contributed by atoms with van der Waals surface area (Å²) in [5.74, 6) is -4.30. The Balaban J connectivity index is 1.83. The number of H-pyrrole nitrogens is 1. The van der Waals surface area contributed by atoms with E-state index in [1.807, 2.05) is 5.16 Å². The third-order valence-electron chi connectivity index (χ3n) is 4.31. The predicted octanol–water partition coefficient (Wildman–Crippen LogP) is 2.16. The molecule has 3 aromatic rings. The van der Waals surface area contributed by atoms with Gasteiger partial charge in [0.1, 0.15) is 11.6 Å². The van der Waals surface area contributed by atoms with Gasteiger partial charge in [-0.25, -0.2) is 18.6 Å². The Morgan fingerprint density at radius 3 is 2.50 bits per heavy atom. The number of aliphatic hydroxyl groups is 1. The van der Waals surface area contributed by atoms with Crippen LogP contribution in [0.1, 0.15) is 16.1 Å². The lowest BCUT2D eigenvalue weighted by Crippen LogP contribution is -2.47. The highest BCUT2D eigenvalue weighted by atomic mass is 35.5. The molecule has 0 radical (unpaired) electrons. The normalized spacial score (nSPS) is 12.0. The summed E-state index contributed by atoms with van der Waals surface area (Å²) in [4.78, 5) is 34.4. The number of amides is 1. The average molecular weight is 468 g/mol. The number of aliphatic hydroxyl groups excluding tert-OH is 1. The Hall–Kier alpha value is -3.54. The van der Waals surface area contributed by atoms with Crippen molar-refractivity contribution in [1.82, 2.24) is 15.6 Å². The van der Waals surface area contributed by atoms with E-state index in [-0.39, 0.29) is 34.0 Å². The number of rotatable bonds is 8. The van der Waals surface area contributed by atoms with Gasteiger partial charge in [0.05, 0.1) is 12.6 Å². The molecule has 0 spiro atoms. The molecule has 9 nitrogen and oxygen atoms in total. The molecule has 32 heavy (non-hydrogen) atoms. The van der Waals surface area contributed by atoms with Crippen LogP contribution in [-0.2, 0) is 11.3 Å². The first-order valence-corrected chi connectivity index (χ1v) is 9.41. The molecule has 1 heterocycles. The van der Waals surface area contributed by atoms with Crippen LogP contribution >= 0.6 is 11.6 Å². The third kappa shape index (κ3) is 5.58. The number of aromatic amines is 1. The molecular weight excluding hydrogens is 452 g/mol. The smallest absolute Gasteiger partial charge is 0.333 e. The highest BCUT2D eigenvalue weighted by Gasteiger charge is 2.22. The number of nitrogens with zero attached hydrogens (tertiary/aromatic N) is 1. The number of hydrogen-bond acceptors (Lipinski definition) is 6. The number of aliphatic carboxylic acids is 1. The molecule has 1 aromatic heterocycles. The van der Waals surface area contributed by atoms with Crippen molar-refractivity contribution in [3.8, 4) is 11.1 Å². The van der Waals surface area contributed by atoms with Crippen LogP contribution in [0.25, 0.3) is 11.1 Å². The van der Waals surface area contributed by atoms with E-state index in [0.717, 1.165) is 23.2 Å². The van der Waals surface area contributed by atoms with E-state index in [0.29, 0.717) is 0 Å². The van der Waals surface area contributed by atoms with E-state index in [2.05, 4.69) is 9.95 Å². The van der Waals surface area contributed by atoms with Crippen LogP contribution in [0.3, 0.4) is 0 Å². The van der Waals surface area contributed by atoms with Gasteiger partial charge in [0.15, 0.2) is 6.10 Å². The maximum Gasteiger partial charge on any atom is 0.333 e. The fourth-order valence-electron chi connectivity index (χ4n) is 2.83. The number of hydrazine groups is 1. The van der Waals surface area contributed by atoms with Crippen molar-refractivity contribution in [2.24, 2.45) is 0 Å². The van der Waals surface area contributed by atoms with E-state index in [1.54, 1.807) is 0 Å². The number of aromatic nitrogens is 1. The first-order chi connectivity index (χ1) is 15.1. The van der Waals surface area contributed by atoms with Crippen molar-refractivity contribution in [2.75, 3.05) is 6.54 Å². The zero-order valence-electron chi connectivity index (χ0n) is 16.1. The minimum Gasteiger partial charge on any atom is -0.479 e. The second kappa shape index (κ2) is 9.73. The van der Waals surface area contributed by atoms with Crippen LogP contribution < -0.4 is 11.0 Å². The molecule has 1 atom stereocenters. The fourth-order valence-corrected chi connectivity index (χ4v) is 3.00. The van der Waals surface area contributed by atoms with Gasteiger partial charge in [-0.2, -0.15) is 5.16 Å². The first-order valence-electron chi connectivity index (χ1n) is 9.03.